The lowest BCUT2D eigenvalue weighted by molar-refractivity contribution is 0.391. The van der Waals surface area contributed by atoms with E-state index >= 15 is 0 Å². The minimum atomic E-state index is 0.582. The van der Waals surface area contributed by atoms with Gasteiger partial charge in [-0.05, 0) is 13.8 Å². The van der Waals surface area contributed by atoms with Gasteiger partial charge in [0.25, 0.3) is 0 Å². The van der Waals surface area contributed by atoms with Gasteiger partial charge in [0.05, 0.1) is 6.54 Å². The lowest BCUT2D eigenvalue weighted by Gasteiger charge is -2.07. The highest BCUT2D eigenvalue weighted by molar-refractivity contribution is 5.46. The normalized spacial score (nSPS) is 10.3. The fourth-order valence-electron chi connectivity index (χ4n) is 1.42. The first-order valence-electron chi connectivity index (χ1n) is 5.36. The number of hydrogen-bond donors (Lipinski definition) is 2. The molecule has 2 rings (SSSR count). The van der Waals surface area contributed by atoms with Crippen LogP contribution in [0.25, 0.3) is 0 Å². The molecule has 2 aromatic rings. The third kappa shape index (κ3) is 2.72. The molecule has 0 bridgehead atoms. The second-order valence-electron chi connectivity index (χ2n) is 3.76. The summed E-state index contributed by atoms with van der Waals surface area (Å²) in [6.45, 7) is 4.40. The Morgan fingerprint density at radius 3 is 2.82 bits per heavy atom. The van der Waals surface area contributed by atoms with Crippen LogP contribution in [0.4, 0.5) is 11.8 Å². The fraction of sp³-hybridized carbons (Fsp3) is 0.364. The van der Waals surface area contributed by atoms with Gasteiger partial charge in [0.2, 0.25) is 5.95 Å². The summed E-state index contributed by atoms with van der Waals surface area (Å²) in [5.74, 6) is 2.19. The van der Waals surface area contributed by atoms with Crippen LogP contribution in [0.2, 0.25) is 0 Å². The maximum Gasteiger partial charge on any atom is 0.224 e. The third-order valence-corrected chi connectivity index (χ3v) is 2.31. The van der Waals surface area contributed by atoms with Gasteiger partial charge in [-0.1, -0.05) is 5.16 Å². The average molecular weight is 233 g/mol. The van der Waals surface area contributed by atoms with Gasteiger partial charge in [0.1, 0.15) is 17.3 Å². The molecule has 0 radical (unpaired) electrons. The standard InChI is InChI=1S/C11H15N5O/c1-7-5-14-11(12-3)15-10(7)13-6-9-4-8(2)17-16-9/h4-5H,6H2,1-3H3,(H2,12,13,14,15). The van der Waals surface area contributed by atoms with Gasteiger partial charge in [-0.15, -0.1) is 0 Å². The van der Waals surface area contributed by atoms with E-state index in [1.807, 2.05) is 19.9 Å². The molecule has 90 valence electrons. The Hall–Kier alpha value is -2.11. The number of nitrogens with one attached hydrogen (secondary N) is 2. The third-order valence-electron chi connectivity index (χ3n) is 2.31. The number of rotatable bonds is 4. The number of anilines is 2. The van der Waals surface area contributed by atoms with Crippen molar-refractivity contribution >= 4 is 11.8 Å². The number of aromatic nitrogens is 3. The van der Waals surface area contributed by atoms with E-state index in [1.165, 1.54) is 0 Å². The number of hydrogen-bond acceptors (Lipinski definition) is 6. The van der Waals surface area contributed by atoms with Crippen LogP contribution in [0, 0.1) is 13.8 Å². The molecule has 0 aliphatic rings. The van der Waals surface area contributed by atoms with E-state index in [1.54, 1.807) is 13.2 Å². The van der Waals surface area contributed by atoms with Gasteiger partial charge in [-0.25, -0.2) is 4.98 Å². The van der Waals surface area contributed by atoms with Gasteiger partial charge < -0.3 is 15.2 Å². The molecule has 2 heterocycles. The second kappa shape index (κ2) is 4.82. The molecule has 0 saturated carbocycles. The summed E-state index contributed by atoms with van der Waals surface area (Å²) in [6, 6.07) is 1.89. The zero-order valence-electron chi connectivity index (χ0n) is 10.1. The quantitative estimate of drug-likeness (QED) is 0.837. The van der Waals surface area contributed by atoms with Crippen molar-refractivity contribution in [3.8, 4) is 0 Å². The molecule has 6 nitrogen and oxygen atoms in total. The fourth-order valence-corrected chi connectivity index (χ4v) is 1.42. The van der Waals surface area contributed by atoms with Crippen LogP contribution in [-0.2, 0) is 6.54 Å². The average Bonchev–Trinajstić information content (AvgIpc) is 2.74. The Bertz CT molecular complexity index is 508. The van der Waals surface area contributed by atoms with Crippen LogP contribution in [0.1, 0.15) is 17.0 Å². The zero-order chi connectivity index (χ0) is 12.3. The second-order valence-corrected chi connectivity index (χ2v) is 3.76. The molecule has 0 atom stereocenters. The van der Waals surface area contributed by atoms with Crippen LogP contribution in [0.5, 0.6) is 0 Å². The lowest BCUT2D eigenvalue weighted by atomic mass is 10.3. The molecule has 0 saturated heterocycles. The highest BCUT2D eigenvalue weighted by Gasteiger charge is 2.04. The Morgan fingerprint density at radius 1 is 1.35 bits per heavy atom. The molecule has 0 aliphatic carbocycles. The summed E-state index contributed by atoms with van der Waals surface area (Å²) in [6.07, 6.45) is 1.77. The number of aryl methyl sites for hydroxylation is 2. The van der Waals surface area contributed by atoms with Crippen LogP contribution >= 0.6 is 0 Å². The minimum Gasteiger partial charge on any atom is -0.364 e. The number of nitrogens with zero attached hydrogens (tertiary/aromatic N) is 3. The van der Waals surface area contributed by atoms with Gasteiger partial charge >= 0.3 is 0 Å². The predicted octanol–water partition coefficient (Wildman–Crippen LogP) is 1.74. The van der Waals surface area contributed by atoms with Gasteiger partial charge in [-0.2, -0.15) is 4.98 Å². The van der Waals surface area contributed by atoms with Crippen molar-refractivity contribution in [2.75, 3.05) is 17.7 Å². The molecular formula is C11H15N5O. The molecular weight excluding hydrogens is 218 g/mol. The van der Waals surface area contributed by atoms with Gasteiger partial charge in [0, 0.05) is 24.9 Å². The molecule has 17 heavy (non-hydrogen) atoms. The highest BCUT2D eigenvalue weighted by Crippen LogP contribution is 2.13. The molecule has 2 N–H and O–H groups in total. The Kier molecular flexibility index (Phi) is 3.22. The molecule has 0 unspecified atom stereocenters. The summed E-state index contributed by atoms with van der Waals surface area (Å²) in [5.41, 5.74) is 1.84. The van der Waals surface area contributed by atoms with Crippen LogP contribution < -0.4 is 10.6 Å². The molecule has 6 heteroatoms. The summed E-state index contributed by atoms with van der Waals surface area (Å²) in [5, 5.41) is 10.0. The first-order valence-corrected chi connectivity index (χ1v) is 5.36. The van der Waals surface area contributed by atoms with E-state index in [9.17, 15) is 0 Å². The largest absolute Gasteiger partial charge is 0.364 e. The van der Waals surface area contributed by atoms with Crippen molar-refractivity contribution in [3.63, 3.8) is 0 Å². The maximum absolute atomic E-state index is 4.99. The van der Waals surface area contributed by atoms with Crippen molar-refractivity contribution in [1.82, 2.24) is 15.1 Å². The van der Waals surface area contributed by atoms with E-state index in [2.05, 4.69) is 25.8 Å². The van der Waals surface area contributed by atoms with Crippen LogP contribution in [0.15, 0.2) is 16.8 Å². The monoisotopic (exact) mass is 233 g/mol. The predicted molar refractivity (Wildman–Crippen MR) is 64.9 cm³/mol. The Balaban J connectivity index is 2.07. The highest BCUT2D eigenvalue weighted by atomic mass is 16.5. The van der Waals surface area contributed by atoms with Gasteiger partial charge in [-0.3, -0.25) is 0 Å². The molecule has 2 aromatic heterocycles. The van der Waals surface area contributed by atoms with Crippen molar-refractivity contribution in [2.45, 2.75) is 20.4 Å². The topological polar surface area (TPSA) is 75.9 Å². The summed E-state index contributed by atoms with van der Waals surface area (Å²) in [4.78, 5) is 8.44. The molecule has 0 aliphatic heterocycles. The smallest absolute Gasteiger partial charge is 0.224 e. The van der Waals surface area contributed by atoms with E-state index in [0.717, 1.165) is 22.8 Å². The molecule has 0 fully saturated rings. The van der Waals surface area contributed by atoms with Gasteiger partial charge in [0.15, 0.2) is 0 Å². The Morgan fingerprint density at radius 2 is 2.18 bits per heavy atom. The first-order chi connectivity index (χ1) is 8.19. The van der Waals surface area contributed by atoms with E-state index in [0.29, 0.717) is 12.5 Å². The summed E-state index contributed by atoms with van der Waals surface area (Å²) in [7, 11) is 1.79. The summed E-state index contributed by atoms with van der Waals surface area (Å²) >= 11 is 0. The Labute approximate surface area is 99.5 Å². The summed E-state index contributed by atoms with van der Waals surface area (Å²) < 4.78 is 4.99. The molecule has 0 amide bonds. The van der Waals surface area contributed by atoms with Crippen LogP contribution in [-0.4, -0.2) is 22.2 Å². The molecule has 0 spiro atoms. The minimum absolute atomic E-state index is 0.582. The first kappa shape index (κ1) is 11.4. The SMILES string of the molecule is CNc1ncc(C)c(NCc2cc(C)on2)n1. The molecule has 0 aromatic carbocycles. The van der Waals surface area contributed by atoms with Crippen molar-refractivity contribution < 1.29 is 4.52 Å². The zero-order valence-corrected chi connectivity index (χ0v) is 10.1. The lowest BCUT2D eigenvalue weighted by Crippen LogP contribution is -2.06. The van der Waals surface area contributed by atoms with Crippen LogP contribution in [0.3, 0.4) is 0 Å². The van der Waals surface area contributed by atoms with E-state index in [-0.39, 0.29) is 0 Å². The van der Waals surface area contributed by atoms with E-state index < -0.39 is 0 Å². The van der Waals surface area contributed by atoms with E-state index in [4.69, 9.17) is 4.52 Å². The van der Waals surface area contributed by atoms with Crippen molar-refractivity contribution in [3.05, 3.63) is 29.3 Å². The van der Waals surface area contributed by atoms with Crippen molar-refractivity contribution in [1.29, 1.82) is 0 Å². The van der Waals surface area contributed by atoms with Crippen molar-refractivity contribution in [2.24, 2.45) is 0 Å². The maximum atomic E-state index is 4.99.